The van der Waals surface area contributed by atoms with Gasteiger partial charge in [0.05, 0.1) is 6.33 Å². The smallest absolute Gasteiger partial charge is 0.280 e. The van der Waals surface area contributed by atoms with Crippen molar-refractivity contribution < 1.29 is 0 Å². The minimum absolute atomic E-state index is 0.252. The Kier molecular flexibility index (Phi) is 1.22. The summed E-state index contributed by atoms with van der Waals surface area (Å²) >= 11 is 0. The van der Waals surface area contributed by atoms with Crippen molar-refractivity contribution in [3.63, 3.8) is 0 Å². The predicted molar refractivity (Wildman–Crippen MR) is 41.1 cm³/mol. The maximum absolute atomic E-state index is 11.0. The second-order valence-corrected chi connectivity index (χ2v) is 2.43. The summed E-state index contributed by atoms with van der Waals surface area (Å²) in [5.41, 5.74) is 0.435. The molecule has 0 aromatic carbocycles. The highest BCUT2D eigenvalue weighted by Gasteiger charge is 2.04. The molecular weight excluding hydrogens is 165 g/mol. The van der Waals surface area contributed by atoms with E-state index in [-0.39, 0.29) is 11.1 Å². The molecule has 1 atom stereocenters. The molecule has 0 spiro atoms. The molecule has 0 saturated carbocycles. The lowest BCUT2D eigenvalue weighted by atomic mass is 10.6. The first kappa shape index (κ1) is 6.42. The summed E-state index contributed by atoms with van der Waals surface area (Å²) in [6, 6.07) is 0. The van der Waals surface area contributed by atoms with Crippen LogP contribution in [0.15, 0.2) is 11.1 Å². The van der Waals surface area contributed by atoms with Gasteiger partial charge in [0, 0.05) is 0 Å². The highest BCUT2D eigenvalue weighted by atomic mass is 31.0. The third-order valence-corrected chi connectivity index (χ3v) is 1.62. The van der Waals surface area contributed by atoms with Crippen LogP contribution in [-0.2, 0) is 0 Å². The average molecular weight is 169 g/mol. The van der Waals surface area contributed by atoms with Crippen molar-refractivity contribution in [2.45, 2.75) is 0 Å². The maximum Gasteiger partial charge on any atom is 0.280 e. The molecule has 0 fully saturated rings. The van der Waals surface area contributed by atoms with Crippen molar-refractivity contribution >= 4 is 20.6 Å². The fraction of sp³-hybridized carbons (Fsp3) is 0. The molecule has 0 amide bonds. The Morgan fingerprint density at radius 1 is 1.64 bits per heavy atom. The van der Waals surface area contributed by atoms with Gasteiger partial charge in [-0.1, -0.05) is 5.21 Å². The van der Waals surface area contributed by atoms with Gasteiger partial charge in [0.1, 0.15) is 0 Å². The summed E-state index contributed by atoms with van der Waals surface area (Å²) in [6.07, 6.45) is 1.31. The van der Waals surface area contributed by atoms with Gasteiger partial charge in [0.25, 0.3) is 5.56 Å². The standard InChI is InChI=1S/C4H4N5OP/c10-4-2-3(5-1-6-4)9(11)8-7-2/h1H,11H2,(H,5,6,10). The highest BCUT2D eigenvalue weighted by molar-refractivity contribution is 7.14. The first-order valence-electron chi connectivity index (χ1n) is 2.83. The van der Waals surface area contributed by atoms with Gasteiger partial charge in [-0.2, -0.15) is 0 Å². The number of H-pyrrole nitrogens is 1. The van der Waals surface area contributed by atoms with Crippen LogP contribution >= 0.6 is 9.39 Å². The van der Waals surface area contributed by atoms with Crippen molar-refractivity contribution in [1.29, 1.82) is 0 Å². The number of hydrogen-bond donors (Lipinski definition) is 1. The quantitative estimate of drug-likeness (QED) is 0.521. The summed E-state index contributed by atoms with van der Waals surface area (Å²) in [6.45, 7) is 0. The van der Waals surface area contributed by atoms with Crippen molar-refractivity contribution in [3.05, 3.63) is 16.7 Å². The third-order valence-electron chi connectivity index (χ3n) is 1.27. The Morgan fingerprint density at radius 3 is 3.18 bits per heavy atom. The Bertz CT molecular complexity index is 445. The van der Waals surface area contributed by atoms with E-state index in [1.54, 1.807) is 0 Å². The molecule has 6 nitrogen and oxygen atoms in total. The van der Waals surface area contributed by atoms with Crippen molar-refractivity contribution in [3.8, 4) is 0 Å². The zero-order chi connectivity index (χ0) is 7.84. The van der Waals surface area contributed by atoms with Crippen LogP contribution in [0.2, 0.25) is 0 Å². The topological polar surface area (TPSA) is 76.5 Å². The number of aromatic amines is 1. The minimum atomic E-state index is -0.274. The number of hydrogen-bond acceptors (Lipinski definition) is 4. The second-order valence-electron chi connectivity index (χ2n) is 1.94. The molecule has 2 heterocycles. The first-order valence-corrected chi connectivity index (χ1v) is 3.35. The number of aromatic nitrogens is 5. The largest absolute Gasteiger partial charge is 0.311 e. The summed E-state index contributed by atoms with van der Waals surface area (Å²) in [7, 11) is 2.28. The van der Waals surface area contributed by atoms with E-state index in [0.717, 1.165) is 0 Å². The zero-order valence-corrected chi connectivity index (χ0v) is 6.51. The molecule has 2 aromatic rings. The van der Waals surface area contributed by atoms with Gasteiger partial charge in [-0.15, -0.1) is 5.10 Å². The molecule has 1 N–H and O–H groups in total. The molecule has 2 rings (SSSR count). The van der Waals surface area contributed by atoms with E-state index in [4.69, 9.17) is 0 Å². The van der Waals surface area contributed by atoms with Crippen LogP contribution in [0.3, 0.4) is 0 Å². The van der Waals surface area contributed by atoms with Gasteiger partial charge in [0.15, 0.2) is 11.2 Å². The third kappa shape index (κ3) is 0.832. The van der Waals surface area contributed by atoms with Gasteiger partial charge in [-0.05, 0) is 9.39 Å². The second kappa shape index (κ2) is 2.10. The van der Waals surface area contributed by atoms with E-state index in [0.29, 0.717) is 5.65 Å². The fourth-order valence-corrected chi connectivity index (χ4v) is 1.02. The van der Waals surface area contributed by atoms with E-state index in [9.17, 15) is 4.79 Å². The number of nitrogens with zero attached hydrogens (tertiary/aromatic N) is 4. The molecule has 1 unspecified atom stereocenters. The van der Waals surface area contributed by atoms with Gasteiger partial charge >= 0.3 is 0 Å². The van der Waals surface area contributed by atoms with Crippen molar-refractivity contribution in [2.75, 3.05) is 0 Å². The molecule has 11 heavy (non-hydrogen) atoms. The summed E-state index contributed by atoms with van der Waals surface area (Å²) in [4.78, 5) is 17.2. The number of fused-ring (bicyclic) bond motifs is 1. The van der Waals surface area contributed by atoms with Crippen LogP contribution < -0.4 is 5.56 Å². The van der Waals surface area contributed by atoms with Crippen LogP contribution in [0, 0.1) is 0 Å². The van der Waals surface area contributed by atoms with E-state index in [1.165, 1.54) is 10.8 Å². The van der Waals surface area contributed by atoms with Gasteiger partial charge in [-0.3, -0.25) is 4.79 Å². The number of nitrogens with one attached hydrogen (secondary N) is 1. The summed E-state index contributed by atoms with van der Waals surface area (Å²) < 4.78 is 1.37. The van der Waals surface area contributed by atoms with E-state index < -0.39 is 0 Å². The van der Waals surface area contributed by atoms with Crippen LogP contribution in [-0.4, -0.2) is 24.7 Å². The summed E-state index contributed by atoms with van der Waals surface area (Å²) in [5.74, 6) is 0. The Morgan fingerprint density at radius 2 is 2.45 bits per heavy atom. The zero-order valence-electron chi connectivity index (χ0n) is 5.35. The van der Waals surface area contributed by atoms with Gasteiger partial charge in [0.2, 0.25) is 0 Å². The monoisotopic (exact) mass is 169 g/mol. The first-order chi connectivity index (χ1) is 5.29. The normalized spacial score (nSPS) is 10.6. The highest BCUT2D eigenvalue weighted by Crippen LogP contribution is 2.02. The molecule has 2 aromatic heterocycles. The van der Waals surface area contributed by atoms with Crippen LogP contribution in [0.4, 0.5) is 0 Å². The maximum atomic E-state index is 11.0. The Balaban J connectivity index is 3.06. The average Bonchev–Trinajstić information content (AvgIpc) is 2.35. The minimum Gasteiger partial charge on any atom is -0.311 e. The molecular formula is C4H4N5OP. The van der Waals surface area contributed by atoms with E-state index in [2.05, 4.69) is 29.7 Å². The lowest BCUT2D eigenvalue weighted by molar-refractivity contribution is 0.905. The molecule has 0 aliphatic heterocycles. The van der Waals surface area contributed by atoms with Crippen molar-refractivity contribution in [1.82, 2.24) is 24.7 Å². The molecule has 7 heteroatoms. The Hall–Kier alpha value is -1.29. The SMILES string of the molecule is O=c1[nH]cnc2c1nnn2P. The van der Waals surface area contributed by atoms with Gasteiger partial charge in [-0.25, -0.2) is 9.44 Å². The molecule has 0 radical (unpaired) electrons. The van der Waals surface area contributed by atoms with Crippen LogP contribution in [0.1, 0.15) is 0 Å². The van der Waals surface area contributed by atoms with Crippen LogP contribution in [0.25, 0.3) is 11.2 Å². The molecule has 0 saturated heterocycles. The lowest BCUT2D eigenvalue weighted by Gasteiger charge is -1.86. The van der Waals surface area contributed by atoms with Gasteiger partial charge < -0.3 is 4.98 Å². The van der Waals surface area contributed by atoms with E-state index >= 15 is 0 Å². The summed E-state index contributed by atoms with van der Waals surface area (Å²) in [5, 5.41) is 7.21. The lowest BCUT2D eigenvalue weighted by Crippen LogP contribution is -2.05. The number of rotatable bonds is 0. The fourth-order valence-electron chi connectivity index (χ4n) is 0.776. The molecule has 0 aliphatic rings. The predicted octanol–water partition coefficient (Wildman–Crippen LogP) is -0.847. The Labute approximate surface area is 62.9 Å². The molecule has 0 bridgehead atoms. The molecule has 56 valence electrons. The van der Waals surface area contributed by atoms with E-state index in [1.807, 2.05) is 0 Å². The van der Waals surface area contributed by atoms with Crippen molar-refractivity contribution in [2.24, 2.45) is 0 Å². The van der Waals surface area contributed by atoms with Crippen LogP contribution in [0.5, 0.6) is 0 Å². The molecule has 0 aliphatic carbocycles.